The van der Waals surface area contributed by atoms with Crippen molar-refractivity contribution in [3.8, 4) is 5.75 Å². The predicted molar refractivity (Wildman–Crippen MR) is 84.3 cm³/mol. The first-order valence-corrected chi connectivity index (χ1v) is 6.86. The van der Waals surface area contributed by atoms with Gasteiger partial charge in [-0.3, -0.25) is 0 Å². The van der Waals surface area contributed by atoms with Gasteiger partial charge in [0, 0.05) is 31.9 Å². The van der Waals surface area contributed by atoms with Gasteiger partial charge in [-0.1, -0.05) is 30.3 Å². The molecule has 3 nitrogen and oxygen atoms in total. The first kappa shape index (κ1) is 14.4. The summed E-state index contributed by atoms with van der Waals surface area (Å²) in [4.78, 5) is 2.23. The molecule has 2 N–H and O–H groups in total. The summed E-state index contributed by atoms with van der Waals surface area (Å²) in [5.41, 5.74) is 9.49. The van der Waals surface area contributed by atoms with Gasteiger partial charge in [-0.25, -0.2) is 0 Å². The number of hydrogen-bond donors (Lipinski definition) is 1. The Morgan fingerprint density at radius 1 is 1.05 bits per heavy atom. The highest BCUT2D eigenvalue weighted by Gasteiger charge is 2.05. The molecule has 0 heterocycles. The second kappa shape index (κ2) is 6.96. The van der Waals surface area contributed by atoms with E-state index in [0.29, 0.717) is 6.54 Å². The molecule has 3 heteroatoms. The number of anilines is 1. The summed E-state index contributed by atoms with van der Waals surface area (Å²) >= 11 is 0. The molecule has 20 heavy (non-hydrogen) atoms. The van der Waals surface area contributed by atoms with E-state index in [4.69, 9.17) is 10.5 Å². The zero-order valence-electron chi connectivity index (χ0n) is 12.2. The third-order valence-electron chi connectivity index (χ3n) is 3.55. The summed E-state index contributed by atoms with van der Waals surface area (Å²) in [6.07, 6.45) is 0.987. The normalized spacial score (nSPS) is 10.3. The van der Waals surface area contributed by atoms with E-state index in [-0.39, 0.29) is 0 Å². The molecule has 0 aliphatic carbocycles. The number of ether oxygens (including phenoxy) is 1. The lowest BCUT2D eigenvalue weighted by Gasteiger charge is -2.20. The van der Waals surface area contributed by atoms with E-state index in [9.17, 15) is 0 Å². The molecule has 0 fully saturated rings. The van der Waals surface area contributed by atoms with Gasteiger partial charge in [-0.2, -0.15) is 0 Å². The molecular formula is C17H22N2O. The molecular weight excluding hydrogens is 248 g/mol. The minimum atomic E-state index is 0.596. The number of rotatable bonds is 6. The lowest BCUT2D eigenvalue weighted by atomic mass is 10.0. The van der Waals surface area contributed by atoms with Crippen LogP contribution in [0.5, 0.6) is 5.75 Å². The first-order chi connectivity index (χ1) is 9.74. The fourth-order valence-electron chi connectivity index (χ4n) is 2.27. The van der Waals surface area contributed by atoms with Crippen LogP contribution < -0.4 is 15.4 Å². The van der Waals surface area contributed by atoms with Gasteiger partial charge in [0.1, 0.15) is 5.75 Å². The number of nitrogens with two attached hydrogens (primary N) is 1. The smallest absolute Gasteiger partial charge is 0.120 e. The number of methoxy groups -OCH3 is 1. The van der Waals surface area contributed by atoms with Gasteiger partial charge >= 0.3 is 0 Å². The molecule has 0 aliphatic heterocycles. The first-order valence-electron chi connectivity index (χ1n) is 6.86. The summed E-state index contributed by atoms with van der Waals surface area (Å²) in [6.45, 7) is 1.54. The largest absolute Gasteiger partial charge is 0.497 e. The van der Waals surface area contributed by atoms with Gasteiger partial charge in [-0.15, -0.1) is 0 Å². The van der Waals surface area contributed by atoms with E-state index in [1.165, 1.54) is 11.1 Å². The molecule has 2 rings (SSSR count). The molecule has 0 amide bonds. The molecule has 0 radical (unpaired) electrons. The average Bonchev–Trinajstić information content (AvgIpc) is 2.52. The SMILES string of the molecule is COc1cccc(N(C)CCc2ccccc2CN)c1. The van der Waals surface area contributed by atoms with E-state index >= 15 is 0 Å². The van der Waals surface area contributed by atoms with Gasteiger partial charge in [0.15, 0.2) is 0 Å². The summed E-state index contributed by atoms with van der Waals surface area (Å²) in [5.74, 6) is 0.886. The maximum Gasteiger partial charge on any atom is 0.120 e. The molecule has 0 aromatic heterocycles. The Morgan fingerprint density at radius 2 is 1.80 bits per heavy atom. The Morgan fingerprint density at radius 3 is 2.50 bits per heavy atom. The van der Waals surface area contributed by atoms with Crippen molar-refractivity contribution in [1.29, 1.82) is 0 Å². The molecule has 2 aromatic rings. The highest BCUT2D eigenvalue weighted by atomic mass is 16.5. The van der Waals surface area contributed by atoms with Crippen LogP contribution in [0.4, 0.5) is 5.69 Å². The van der Waals surface area contributed by atoms with Crippen molar-refractivity contribution < 1.29 is 4.74 Å². The van der Waals surface area contributed by atoms with Crippen molar-refractivity contribution in [3.63, 3.8) is 0 Å². The zero-order valence-corrected chi connectivity index (χ0v) is 12.2. The monoisotopic (exact) mass is 270 g/mol. The number of nitrogens with zero attached hydrogens (tertiary/aromatic N) is 1. The highest BCUT2D eigenvalue weighted by molar-refractivity contribution is 5.50. The Labute approximate surface area is 121 Å². The van der Waals surface area contributed by atoms with Crippen molar-refractivity contribution >= 4 is 5.69 Å². The van der Waals surface area contributed by atoms with Gasteiger partial charge in [0.05, 0.1) is 7.11 Å². The van der Waals surface area contributed by atoms with Crippen LogP contribution >= 0.6 is 0 Å². The maximum atomic E-state index is 5.78. The summed E-state index contributed by atoms with van der Waals surface area (Å²) in [5, 5.41) is 0. The lowest BCUT2D eigenvalue weighted by molar-refractivity contribution is 0.415. The Hall–Kier alpha value is -2.00. The molecule has 0 saturated carbocycles. The van der Waals surface area contributed by atoms with Crippen molar-refractivity contribution in [2.45, 2.75) is 13.0 Å². The molecule has 0 atom stereocenters. The third kappa shape index (κ3) is 3.52. The Kier molecular flexibility index (Phi) is 5.02. The molecule has 106 valence electrons. The topological polar surface area (TPSA) is 38.5 Å². The van der Waals surface area contributed by atoms with Crippen LogP contribution in [0.15, 0.2) is 48.5 Å². The minimum absolute atomic E-state index is 0.596. The van der Waals surface area contributed by atoms with Crippen LogP contribution in [0, 0.1) is 0 Å². The van der Waals surface area contributed by atoms with Crippen LogP contribution in [0.2, 0.25) is 0 Å². The maximum absolute atomic E-state index is 5.78. The van der Waals surface area contributed by atoms with Gasteiger partial charge in [-0.05, 0) is 29.7 Å². The van der Waals surface area contributed by atoms with Crippen LogP contribution in [-0.4, -0.2) is 20.7 Å². The predicted octanol–water partition coefficient (Wildman–Crippen LogP) is 2.83. The van der Waals surface area contributed by atoms with Crippen LogP contribution in [0.1, 0.15) is 11.1 Å². The Balaban J connectivity index is 2.02. The fourth-order valence-corrected chi connectivity index (χ4v) is 2.27. The molecule has 0 bridgehead atoms. The number of benzene rings is 2. The average molecular weight is 270 g/mol. The van der Waals surface area contributed by atoms with Crippen molar-refractivity contribution in [2.75, 3.05) is 25.6 Å². The quantitative estimate of drug-likeness (QED) is 0.877. The van der Waals surface area contributed by atoms with Crippen molar-refractivity contribution in [3.05, 3.63) is 59.7 Å². The second-order valence-electron chi connectivity index (χ2n) is 4.85. The van der Waals surface area contributed by atoms with Gasteiger partial charge in [0.2, 0.25) is 0 Å². The van der Waals surface area contributed by atoms with Crippen molar-refractivity contribution in [2.24, 2.45) is 5.73 Å². The van der Waals surface area contributed by atoms with Crippen molar-refractivity contribution in [1.82, 2.24) is 0 Å². The van der Waals surface area contributed by atoms with E-state index in [2.05, 4.69) is 42.3 Å². The summed E-state index contributed by atoms with van der Waals surface area (Å²) in [6, 6.07) is 16.5. The summed E-state index contributed by atoms with van der Waals surface area (Å²) in [7, 11) is 3.79. The summed E-state index contributed by atoms with van der Waals surface area (Å²) < 4.78 is 5.26. The molecule has 0 unspecified atom stereocenters. The lowest BCUT2D eigenvalue weighted by Crippen LogP contribution is -2.21. The standard InChI is InChI=1S/C17H22N2O/c1-19(16-8-5-9-17(12-16)20-2)11-10-14-6-3-4-7-15(14)13-18/h3-9,12H,10-11,13,18H2,1-2H3. The zero-order chi connectivity index (χ0) is 14.4. The van der Waals surface area contributed by atoms with Crippen LogP contribution in [0.3, 0.4) is 0 Å². The molecule has 0 saturated heterocycles. The van der Waals surface area contributed by atoms with Gasteiger partial charge < -0.3 is 15.4 Å². The fraction of sp³-hybridized carbons (Fsp3) is 0.294. The minimum Gasteiger partial charge on any atom is -0.497 e. The number of likely N-dealkylation sites (N-methyl/N-ethyl adjacent to an activating group) is 1. The second-order valence-corrected chi connectivity index (χ2v) is 4.85. The third-order valence-corrected chi connectivity index (χ3v) is 3.55. The number of hydrogen-bond acceptors (Lipinski definition) is 3. The molecule has 0 aliphatic rings. The van der Waals surface area contributed by atoms with E-state index in [1.54, 1.807) is 7.11 Å². The van der Waals surface area contributed by atoms with E-state index in [0.717, 1.165) is 24.4 Å². The van der Waals surface area contributed by atoms with Crippen LogP contribution in [-0.2, 0) is 13.0 Å². The van der Waals surface area contributed by atoms with Crippen LogP contribution in [0.25, 0.3) is 0 Å². The van der Waals surface area contributed by atoms with E-state index in [1.807, 2.05) is 18.2 Å². The van der Waals surface area contributed by atoms with Gasteiger partial charge in [0.25, 0.3) is 0 Å². The molecule has 0 spiro atoms. The van der Waals surface area contributed by atoms with E-state index < -0.39 is 0 Å². The highest BCUT2D eigenvalue weighted by Crippen LogP contribution is 2.20. The molecule has 2 aromatic carbocycles. The Bertz CT molecular complexity index is 554.